The summed E-state index contributed by atoms with van der Waals surface area (Å²) in [4.78, 5) is 24.3. The van der Waals surface area contributed by atoms with Crippen LogP contribution in [0.2, 0.25) is 5.02 Å². The molecule has 2 aromatic carbocycles. The molecule has 5 nitrogen and oxygen atoms in total. The number of carbonyl (C=O) groups excluding carboxylic acids is 2. The second kappa shape index (κ2) is 9.08. The van der Waals surface area contributed by atoms with Gasteiger partial charge in [0.2, 0.25) is 0 Å². The molecule has 2 rings (SSSR count). The molecule has 132 valence electrons. The minimum absolute atomic E-state index is 0.0868. The molecule has 1 N–H and O–H groups in total. The summed E-state index contributed by atoms with van der Waals surface area (Å²) in [5, 5.41) is 3.33. The first kappa shape index (κ1) is 18.8. The van der Waals surface area contributed by atoms with Crippen molar-refractivity contribution in [1.29, 1.82) is 0 Å². The molecule has 0 saturated heterocycles. The van der Waals surface area contributed by atoms with Gasteiger partial charge in [0.05, 0.1) is 13.5 Å². The second-order valence-corrected chi connectivity index (χ2v) is 5.84. The lowest BCUT2D eigenvalue weighted by atomic mass is 10.1. The standard InChI is InChI=1S/C19H20ClNO4/c1-3-17(19(23)21-15-8-10-16(24-2)11-9-15)25-18(22)12-13-4-6-14(20)7-5-13/h4-11,17H,3,12H2,1-2H3,(H,21,23)/t17-/m0/s1. The van der Waals surface area contributed by atoms with Crippen molar-refractivity contribution < 1.29 is 19.1 Å². The van der Waals surface area contributed by atoms with Crippen LogP contribution in [0.5, 0.6) is 5.75 Å². The van der Waals surface area contributed by atoms with Gasteiger partial charge in [0, 0.05) is 10.7 Å². The summed E-state index contributed by atoms with van der Waals surface area (Å²) in [6.45, 7) is 1.79. The van der Waals surface area contributed by atoms with Crippen LogP contribution in [0, 0.1) is 0 Å². The molecule has 0 fully saturated rings. The Morgan fingerprint density at radius 3 is 2.28 bits per heavy atom. The molecule has 1 atom stereocenters. The van der Waals surface area contributed by atoms with Crippen molar-refractivity contribution in [2.75, 3.05) is 12.4 Å². The maximum absolute atomic E-state index is 12.3. The lowest BCUT2D eigenvalue weighted by Crippen LogP contribution is -2.32. The van der Waals surface area contributed by atoms with Gasteiger partial charge in [0.1, 0.15) is 5.75 Å². The van der Waals surface area contributed by atoms with Crippen LogP contribution < -0.4 is 10.1 Å². The fraction of sp³-hybridized carbons (Fsp3) is 0.263. The monoisotopic (exact) mass is 361 g/mol. The largest absolute Gasteiger partial charge is 0.497 e. The van der Waals surface area contributed by atoms with Gasteiger partial charge < -0.3 is 14.8 Å². The average Bonchev–Trinajstić information content (AvgIpc) is 2.62. The highest BCUT2D eigenvalue weighted by molar-refractivity contribution is 6.30. The molecule has 0 radical (unpaired) electrons. The van der Waals surface area contributed by atoms with Gasteiger partial charge in [0.15, 0.2) is 6.10 Å². The van der Waals surface area contributed by atoms with Crippen LogP contribution in [0.4, 0.5) is 5.69 Å². The van der Waals surface area contributed by atoms with E-state index in [0.29, 0.717) is 22.9 Å². The third-order valence-corrected chi connectivity index (χ3v) is 3.81. The van der Waals surface area contributed by atoms with Crippen LogP contribution in [-0.4, -0.2) is 25.1 Å². The molecule has 25 heavy (non-hydrogen) atoms. The van der Waals surface area contributed by atoms with Crippen LogP contribution in [0.25, 0.3) is 0 Å². The average molecular weight is 362 g/mol. The summed E-state index contributed by atoms with van der Waals surface area (Å²) in [5.41, 5.74) is 1.39. The Hall–Kier alpha value is -2.53. The minimum atomic E-state index is -0.845. The highest BCUT2D eigenvalue weighted by Crippen LogP contribution is 2.16. The van der Waals surface area contributed by atoms with Gasteiger partial charge in [-0.05, 0) is 48.4 Å². The quantitative estimate of drug-likeness (QED) is 0.761. The molecule has 0 saturated carbocycles. The first-order valence-corrected chi connectivity index (χ1v) is 8.28. The molecule has 0 bridgehead atoms. The zero-order valence-electron chi connectivity index (χ0n) is 14.1. The van der Waals surface area contributed by atoms with Crippen LogP contribution in [0.1, 0.15) is 18.9 Å². The smallest absolute Gasteiger partial charge is 0.311 e. The SMILES string of the molecule is CC[C@H](OC(=O)Cc1ccc(Cl)cc1)C(=O)Nc1ccc(OC)cc1. The van der Waals surface area contributed by atoms with Gasteiger partial charge in [0.25, 0.3) is 5.91 Å². The molecule has 0 spiro atoms. The molecule has 0 heterocycles. The van der Waals surface area contributed by atoms with Gasteiger partial charge in [-0.15, -0.1) is 0 Å². The van der Waals surface area contributed by atoms with E-state index in [-0.39, 0.29) is 12.3 Å². The van der Waals surface area contributed by atoms with Crippen LogP contribution in [0.15, 0.2) is 48.5 Å². The maximum atomic E-state index is 12.3. The first-order valence-electron chi connectivity index (χ1n) is 7.90. The first-order chi connectivity index (χ1) is 12.0. The van der Waals surface area contributed by atoms with Crippen molar-refractivity contribution in [3.05, 3.63) is 59.1 Å². The Morgan fingerprint density at radius 2 is 1.72 bits per heavy atom. The van der Waals surface area contributed by atoms with Gasteiger partial charge >= 0.3 is 5.97 Å². The summed E-state index contributed by atoms with van der Waals surface area (Å²) < 4.78 is 10.4. The molecular weight excluding hydrogens is 342 g/mol. The lowest BCUT2D eigenvalue weighted by Gasteiger charge is -2.16. The molecule has 0 aliphatic carbocycles. The van der Waals surface area contributed by atoms with Crippen molar-refractivity contribution in [1.82, 2.24) is 0 Å². The normalized spacial score (nSPS) is 11.5. The Labute approximate surface area is 151 Å². The molecule has 6 heteroatoms. The minimum Gasteiger partial charge on any atom is -0.497 e. The molecule has 0 aliphatic rings. The van der Waals surface area contributed by atoms with Crippen molar-refractivity contribution in [2.24, 2.45) is 0 Å². The lowest BCUT2D eigenvalue weighted by molar-refractivity contribution is -0.153. The van der Waals surface area contributed by atoms with Crippen LogP contribution in [0.3, 0.4) is 0 Å². The summed E-state index contributed by atoms with van der Waals surface area (Å²) in [6, 6.07) is 13.8. The number of amides is 1. The Bertz CT molecular complexity index is 713. The van der Waals surface area contributed by atoms with Gasteiger partial charge in [-0.2, -0.15) is 0 Å². The molecule has 0 aliphatic heterocycles. The van der Waals surface area contributed by atoms with E-state index in [1.54, 1.807) is 62.6 Å². The van der Waals surface area contributed by atoms with Crippen molar-refractivity contribution >= 4 is 29.2 Å². The Kier molecular flexibility index (Phi) is 6.83. The molecule has 0 aromatic heterocycles. The third kappa shape index (κ3) is 5.80. The fourth-order valence-electron chi connectivity index (χ4n) is 2.19. The van der Waals surface area contributed by atoms with E-state index in [1.165, 1.54) is 0 Å². The zero-order chi connectivity index (χ0) is 18.2. The molecular formula is C19H20ClNO4. The Morgan fingerprint density at radius 1 is 1.08 bits per heavy atom. The van der Waals surface area contributed by atoms with E-state index >= 15 is 0 Å². The van der Waals surface area contributed by atoms with E-state index in [0.717, 1.165) is 5.56 Å². The van der Waals surface area contributed by atoms with E-state index in [4.69, 9.17) is 21.1 Å². The topological polar surface area (TPSA) is 64.6 Å². The van der Waals surface area contributed by atoms with E-state index in [1.807, 2.05) is 0 Å². The zero-order valence-corrected chi connectivity index (χ0v) is 14.9. The number of anilines is 1. The van der Waals surface area contributed by atoms with E-state index in [2.05, 4.69) is 5.32 Å². The van der Waals surface area contributed by atoms with Crippen LogP contribution >= 0.6 is 11.6 Å². The number of rotatable bonds is 7. The van der Waals surface area contributed by atoms with E-state index in [9.17, 15) is 9.59 Å². The highest BCUT2D eigenvalue weighted by atomic mass is 35.5. The number of hydrogen-bond acceptors (Lipinski definition) is 4. The van der Waals surface area contributed by atoms with Crippen molar-refractivity contribution in [2.45, 2.75) is 25.9 Å². The number of carbonyl (C=O) groups is 2. The highest BCUT2D eigenvalue weighted by Gasteiger charge is 2.21. The predicted molar refractivity (Wildman–Crippen MR) is 97.0 cm³/mol. The van der Waals surface area contributed by atoms with Gasteiger partial charge in [-0.3, -0.25) is 9.59 Å². The summed E-state index contributed by atoms with van der Waals surface area (Å²) >= 11 is 5.82. The number of nitrogens with one attached hydrogen (secondary N) is 1. The number of ether oxygens (including phenoxy) is 2. The van der Waals surface area contributed by atoms with Gasteiger partial charge in [-0.25, -0.2) is 0 Å². The number of esters is 1. The molecule has 2 aromatic rings. The second-order valence-electron chi connectivity index (χ2n) is 5.41. The van der Waals surface area contributed by atoms with Crippen molar-refractivity contribution in [3.8, 4) is 5.75 Å². The van der Waals surface area contributed by atoms with Gasteiger partial charge in [-0.1, -0.05) is 30.7 Å². The van der Waals surface area contributed by atoms with Crippen molar-refractivity contribution in [3.63, 3.8) is 0 Å². The third-order valence-electron chi connectivity index (χ3n) is 3.56. The maximum Gasteiger partial charge on any atom is 0.311 e. The number of halogens is 1. The number of hydrogen-bond donors (Lipinski definition) is 1. The van der Waals surface area contributed by atoms with E-state index < -0.39 is 12.1 Å². The number of benzene rings is 2. The molecule has 1 amide bonds. The fourth-order valence-corrected chi connectivity index (χ4v) is 2.31. The summed E-state index contributed by atoms with van der Waals surface area (Å²) in [5.74, 6) is -0.129. The van der Waals surface area contributed by atoms with Crippen LogP contribution in [-0.2, 0) is 20.7 Å². The predicted octanol–water partition coefficient (Wildman–Crippen LogP) is 3.85. The Balaban J connectivity index is 1.92. The summed E-state index contributed by atoms with van der Waals surface area (Å²) in [6.07, 6.45) is -0.375. The number of methoxy groups -OCH3 is 1. The molecule has 0 unspecified atom stereocenters. The summed E-state index contributed by atoms with van der Waals surface area (Å²) in [7, 11) is 1.57.